The van der Waals surface area contributed by atoms with Crippen molar-refractivity contribution in [1.82, 2.24) is 9.88 Å². The summed E-state index contributed by atoms with van der Waals surface area (Å²) in [5.41, 5.74) is 1.57. The Labute approximate surface area is 174 Å². The SMILES string of the molecule is COc1cnc2ccccc2c1CN1CC(=O)N(c2ccc(OC(F)(F)F)cc2)C1=O. The van der Waals surface area contributed by atoms with E-state index in [1.807, 2.05) is 24.3 Å². The molecule has 10 heteroatoms. The fourth-order valence-corrected chi connectivity index (χ4v) is 3.43. The molecule has 0 unspecified atom stereocenters. The molecule has 3 amide bonds. The summed E-state index contributed by atoms with van der Waals surface area (Å²) in [4.78, 5) is 32.0. The molecule has 4 rings (SSSR count). The largest absolute Gasteiger partial charge is 0.573 e. The molecule has 0 aliphatic carbocycles. The number of carbonyl (C=O) groups excluding carboxylic acids is 2. The molecule has 1 aromatic heterocycles. The molecule has 1 aliphatic rings. The van der Waals surface area contributed by atoms with E-state index in [-0.39, 0.29) is 18.8 Å². The molecule has 3 aromatic rings. The van der Waals surface area contributed by atoms with Crippen LogP contribution in [-0.2, 0) is 11.3 Å². The summed E-state index contributed by atoms with van der Waals surface area (Å²) in [6, 6.07) is 11.3. The number of imide groups is 1. The van der Waals surface area contributed by atoms with Gasteiger partial charge in [0, 0.05) is 10.9 Å². The van der Waals surface area contributed by atoms with Gasteiger partial charge in [-0.05, 0) is 30.3 Å². The zero-order valence-corrected chi connectivity index (χ0v) is 16.2. The molecule has 0 bridgehead atoms. The number of urea groups is 1. The normalized spacial score (nSPS) is 14.5. The van der Waals surface area contributed by atoms with Gasteiger partial charge in [0.15, 0.2) is 0 Å². The number of hydrogen-bond donors (Lipinski definition) is 0. The van der Waals surface area contributed by atoms with Crippen molar-refractivity contribution in [3.05, 3.63) is 60.3 Å². The van der Waals surface area contributed by atoms with Gasteiger partial charge < -0.3 is 14.4 Å². The maximum atomic E-state index is 12.9. The Morgan fingerprint density at radius 2 is 1.77 bits per heavy atom. The predicted octanol–water partition coefficient (Wildman–Crippen LogP) is 4.11. The molecule has 0 spiro atoms. The first-order chi connectivity index (χ1) is 14.8. The number of nitrogens with zero attached hydrogens (tertiary/aromatic N) is 3. The number of fused-ring (bicyclic) bond motifs is 1. The predicted molar refractivity (Wildman–Crippen MR) is 105 cm³/mol. The highest BCUT2D eigenvalue weighted by atomic mass is 19.4. The molecule has 7 nitrogen and oxygen atoms in total. The molecule has 160 valence electrons. The van der Waals surface area contributed by atoms with Crippen molar-refractivity contribution in [1.29, 1.82) is 0 Å². The van der Waals surface area contributed by atoms with E-state index < -0.39 is 24.1 Å². The minimum atomic E-state index is -4.83. The third kappa shape index (κ3) is 4.09. The van der Waals surface area contributed by atoms with E-state index in [1.54, 1.807) is 6.20 Å². The van der Waals surface area contributed by atoms with Crippen LogP contribution >= 0.6 is 0 Å². The van der Waals surface area contributed by atoms with E-state index >= 15 is 0 Å². The topological polar surface area (TPSA) is 72.0 Å². The van der Waals surface area contributed by atoms with E-state index in [0.717, 1.165) is 22.4 Å². The Balaban J connectivity index is 1.59. The van der Waals surface area contributed by atoms with Crippen LogP contribution in [0.2, 0.25) is 0 Å². The molecular formula is C21H16F3N3O4. The summed E-state index contributed by atoms with van der Waals surface area (Å²) in [7, 11) is 1.49. The number of aromatic nitrogens is 1. The third-order valence-corrected chi connectivity index (χ3v) is 4.78. The van der Waals surface area contributed by atoms with E-state index in [1.165, 1.54) is 24.1 Å². The first-order valence-corrected chi connectivity index (χ1v) is 9.15. The van der Waals surface area contributed by atoms with Crippen molar-refractivity contribution >= 4 is 28.5 Å². The maximum Gasteiger partial charge on any atom is 0.573 e. The highest BCUT2D eigenvalue weighted by Gasteiger charge is 2.38. The molecule has 1 saturated heterocycles. The standard InChI is InChI=1S/C21H16F3N3O4/c1-30-18-10-25-17-5-3-2-4-15(17)16(18)11-26-12-19(28)27(20(26)29)13-6-8-14(9-7-13)31-21(22,23)24/h2-10H,11-12H2,1H3. The number of ether oxygens (including phenoxy) is 2. The van der Waals surface area contributed by atoms with Crippen LogP contribution < -0.4 is 14.4 Å². The van der Waals surface area contributed by atoms with Gasteiger partial charge in [0.2, 0.25) is 0 Å². The van der Waals surface area contributed by atoms with E-state index in [0.29, 0.717) is 16.8 Å². The third-order valence-electron chi connectivity index (χ3n) is 4.78. The Kier molecular flexibility index (Phi) is 5.14. The summed E-state index contributed by atoms with van der Waals surface area (Å²) in [6.45, 7) is -0.0814. The number of anilines is 1. The first kappa shape index (κ1) is 20.5. The van der Waals surface area contributed by atoms with Crippen molar-refractivity contribution in [3.8, 4) is 11.5 Å². The lowest BCUT2D eigenvalue weighted by Crippen LogP contribution is -2.32. The van der Waals surface area contributed by atoms with Gasteiger partial charge in [-0.3, -0.25) is 9.78 Å². The van der Waals surface area contributed by atoms with E-state index in [2.05, 4.69) is 9.72 Å². The van der Waals surface area contributed by atoms with E-state index in [4.69, 9.17) is 4.74 Å². The molecule has 31 heavy (non-hydrogen) atoms. The van der Waals surface area contributed by atoms with Gasteiger partial charge in [-0.15, -0.1) is 13.2 Å². The van der Waals surface area contributed by atoms with Gasteiger partial charge in [-0.2, -0.15) is 0 Å². The minimum absolute atomic E-state index is 0.0998. The fraction of sp³-hybridized carbons (Fsp3) is 0.190. The van der Waals surface area contributed by atoms with Crippen LogP contribution in [-0.4, -0.2) is 41.8 Å². The molecule has 0 N–H and O–H groups in total. The van der Waals surface area contributed by atoms with Gasteiger partial charge in [0.25, 0.3) is 5.91 Å². The van der Waals surface area contributed by atoms with Gasteiger partial charge in [-0.1, -0.05) is 18.2 Å². The van der Waals surface area contributed by atoms with Crippen LogP contribution in [0.15, 0.2) is 54.7 Å². The number of para-hydroxylation sites is 1. The Bertz CT molecular complexity index is 1150. The molecule has 0 radical (unpaired) electrons. The fourth-order valence-electron chi connectivity index (χ4n) is 3.43. The molecule has 0 atom stereocenters. The van der Waals surface area contributed by atoms with Crippen LogP contribution in [0.3, 0.4) is 0 Å². The number of hydrogen-bond acceptors (Lipinski definition) is 5. The quantitative estimate of drug-likeness (QED) is 0.569. The second-order valence-corrected chi connectivity index (χ2v) is 6.73. The van der Waals surface area contributed by atoms with Crippen molar-refractivity contribution in [3.63, 3.8) is 0 Å². The average molecular weight is 431 g/mol. The van der Waals surface area contributed by atoms with Crippen molar-refractivity contribution in [2.24, 2.45) is 0 Å². The Morgan fingerprint density at radius 3 is 2.45 bits per heavy atom. The van der Waals surface area contributed by atoms with Crippen LogP contribution in [0.5, 0.6) is 11.5 Å². The highest BCUT2D eigenvalue weighted by molar-refractivity contribution is 6.19. The Morgan fingerprint density at radius 1 is 1.06 bits per heavy atom. The average Bonchev–Trinajstić information content (AvgIpc) is 3.01. The molecule has 1 fully saturated rings. The molecule has 0 saturated carbocycles. The number of carbonyl (C=O) groups is 2. The van der Waals surface area contributed by atoms with Gasteiger partial charge >= 0.3 is 12.4 Å². The van der Waals surface area contributed by atoms with Gasteiger partial charge in [-0.25, -0.2) is 9.69 Å². The molecule has 1 aliphatic heterocycles. The smallest absolute Gasteiger partial charge is 0.495 e. The number of methoxy groups -OCH3 is 1. The monoisotopic (exact) mass is 431 g/mol. The number of amides is 3. The lowest BCUT2D eigenvalue weighted by atomic mass is 10.1. The van der Waals surface area contributed by atoms with Crippen molar-refractivity contribution in [2.75, 3.05) is 18.6 Å². The number of rotatable bonds is 5. The minimum Gasteiger partial charge on any atom is -0.495 e. The lowest BCUT2D eigenvalue weighted by molar-refractivity contribution is -0.274. The zero-order valence-electron chi connectivity index (χ0n) is 16.2. The molecular weight excluding hydrogens is 415 g/mol. The second kappa shape index (κ2) is 7.78. The summed E-state index contributed by atoms with van der Waals surface area (Å²) in [6.07, 6.45) is -3.28. The van der Waals surface area contributed by atoms with Gasteiger partial charge in [0.1, 0.15) is 18.0 Å². The molecule has 2 aromatic carbocycles. The summed E-state index contributed by atoms with van der Waals surface area (Å²) < 4.78 is 46.2. The maximum absolute atomic E-state index is 12.9. The summed E-state index contributed by atoms with van der Waals surface area (Å²) >= 11 is 0. The van der Waals surface area contributed by atoms with Crippen LogP contribution in [0.4, 0.5) is 23.7 Å². The second-order valence-electron chi connectivity index (χ2n) is 6.73. The van der Waals surface area contributed by atoms with Crippen LogP contribution in [0, 0.1) is 0 Å². The first-order valence-electron chi connectivity index (χ1n) is 9.15. The van der Waals surface area contributed by atoms with Crippen molar-refractivity contribution < 1.29 is 32.2 Å². The summed E-state index contributed by atoms with van der Waals surface area (Å²) in [5.74, 6) is -0.460. The zero-order chi connectivity index (χ0) is 22.2. The van der Waals surface area contributed by atoms with Crippen LogP contribution in [0.1, 0.15) is 5.56 Å². The summed E-state index contributed by atoms with van der Waals surface area (Å²) in [5, 5.41) is 0.786. The van der Waals surface area contributed by atoms with Crippen molar-refractivity contribution in [2.45, 2.75) is 12.9 Å². The van der Waals surface area contributed by atoms with E-state index in [9.17, 15) is 22.8 Å². The van der Waals surface area contributed by atoms with Gasteiger partial charge in [0.05, 0.1) is 31.1 Å². The van der Waals surface area contributed by atoms with Crippen LogP contribution in [0.25, 0.3) is 10.9 Å². The number of pyridine rings is 1. The number of benzene rings is 2. The molecule has 2 heterocycles. The Hall–Kier alpha value is -3.82. The number of halogens is 3. The highest BCUT2D eigenvalue weighted by Crippen LogP contribution is 2.31. The number of alkyl halides is 3. The lowest BCUT2D eigenvalue weighted by Gasteiger charge is -2.19.